The van der Waals surface area contributed by atoms with E-state index < -0.39 is 23.3 Å². The molecule has 0 atom stereocenters. The van der Waals surface area contributed by atoms with Crippen LogP contribution in [0.3, 0.4) is 0 Å². The summed E-state index contributed by atoms with van der Waals surface area (Å²) >= 11 is 0. The second-order valence-corrected chi connectivity index (χ2v) is 4.47. The fourth-order valence-electron chi connectivity index (χ4n) is 1.97. The number of hydrogen-bond donors (Lipinski definition) is 1. The number of anilines is 1. The molecule has 1 rings (SSSR count). The summed E-state index contributed by atoms with van der Waals surface area (Å²) in [5.74, 6) is -1.56. The highest BCUT2D eigenvalue weighted by atomic mass is 19.4. The van der Waals surface area contributed by atoms with Gasteiger partial charge in [-0.1, -0.05) is 13.3 Å². The number of aromatic carboxylic acids is 1. The van der Waals surface area contributed by atoms with Crippen LogP contribution in [0.1, 0.15) is 42.6 Å². The van der Waals surface area contributed by atoms with Crippen LogP contribution in [0, 0.1) is 0 Å². The quantitative estimate of drug-likeness (QED) is 0.859. The average molecular weight is 289 g/mol. The number of carbonyl (C=O) groups is 1. The summed E-state index contributed by atoms with van der Waals surface area (Å²) in [5.41, 5.74) is -1.31. The van der Waals surface area contributed by atoms with Crippen LogP contribution in [0.5, 0.6) is 0 Å². The zero-order valence-corrected chi connectivity index (χ0v) is 11.5. The molecule has 1 aromatic carbocycles. The van der Waals surface area contributed by atoms with Crippen molar-refractivity contribution in [1.82, 2.24) is 0 Å². The maximum absolute atomic E-state index is 12.7. The van der Waals surface area contributed by atoms with Crippen molar-refractivity contribution >= 4 is 11.7 Å². The van der Waals surface area contributed by atoms with Crippen molar-refractivity contribution in [3.8, 4) is 0 Å². The molecule has 6 heteroatoms. The number of unbranched alkanes of at least 4 members (excludes halogenated alkanes) is 1. The van der Waals surface area contributed by atoms with Gasteiger partial charge in [-0.05, 0) is 31.5 Å². The Balaban J connectivity index is 3.19. The highest BCUT2D eigenvalue weighted by Crippen LogP contribution is 2.34. The molecule has 0 spiro atoms. The third kappa shape index (κ3) is 3.88. The van der Waals surface area contributed by atoms with Crippen LogP contribution in [0.25, 0.3) is 0 Å². The van der Waals surface area contributed by atoms with E-state index in [0.29, 0.717) is 18.8 Å². The van der Waals surface area contributed by atoms with Gasteiger partial charge in [0.1, 0.15) is 0 Å². The monoisotopic (exact) mass is 289 g/mol. The van der Waals surface area contributed by atoms with Gasteiger partial charge in [0.25, 0.3) is 0 Å². The minimum Gasteiger partial charge on any atom is -0.478 e. The van der Waals surface area contributed by atoms with Crippen LogP contribution in [0.4, 0.5) is 18.9 Å². The van der Waals surface area contributed by atoms with Crippen molar-refractivity contribution in [1.29, 1.82) is 0 Å². The lowest BCUT2D eigenvalue weighted by atomic mass is 10.1. The molecule has 3 nitrogen and oxygen atoms in total. The van der Waals surface area contributed by atoms with Gasteiger partial charge in [0.15, 0.2) is 0 Å². The number of carboxylic acids is 1. The zero-order chi connectivity index (χ0) is 15.3. The van der Waals surface area contributed by atoms with Gasteiger partial charge >= 0.3 is 12.1 Å². The van der Waals surface area contributed by atoms with Crippen molar-refractivity contribution in [2.45, 2.75) is 32.9 Å². The molecule has 0 radical (unpaired) electrons. The molecule has 1 aromatic rings. The number of rotatable bonds is 6. The number of nitrogens with zero attached hydrogens (tertiary/aromatic N) is 1. The van der Waals surface area contributed by atoms with E-state index >= 15 is 0 Å². The first-order valence-corrected chi connectivity index (χ1v) is 6.50. The molecule has 20 heavy (non-hydrogen) atoms. The maximum atomic E-state index is 12.7. The molecule has 0 aliphatic heterocycles. The third-order valence-electron chi connectivity index (χ3n) is 3.07. The lowest BCUT2D eigenvalue weighted by molar-refractivity contribution is -0.138. The highest BCUT2D eigenvalue weighted by molar-refractivity contribution is 5.91. The number of benzene rings is 1. The van der Waals surface area contributed by atoms with Crippen molar-refractivity contribution in [2.75, 3.05) is 18.0 Å². The first kappa shape index (κ1) is 16.3. The van der Waals surface area contributed by atoms with Crippen molar-refractivity contribution < 1.29 is 23.1 Å². The molecule has 0 saturated carbocycles. The second kappa shape index (κ2) is 6.63. The smallest absolute Gasteiger partial charge is 0.417 e. The standard InChI is InChI=1S/C14H18F3NO2/c1-3-5-8-18(4-2)10-6-7-12(14(15,16)17)11(9-10)13(19)20/h6-7,9H,3-5,8H2,1-2H3,(H,19,20). The van der Waals surface area contributed by atoms with Crippen molar-refractivity contribution in [2.24, 2.45) is 0 Å². The molecule has 1 N–H and O–H groups in total. The van der Waals surface area contributed by atoms with Gasteiger partial charge in [-0.2, -0.15) is 13.2 Å². The molecule has 0 amide bonds. The summed E-state index contributed by atoms with van der Waals surface area (Å²) in [7, 11) is 0. The molecule has 0 aliphatic rings. The van der Waals surface area contributed by atoms with E-state index in [1.807, 2.05) is 18.7 Å². The van der Waals surface area contributed by atoms with Crippen LogP contribution in [0.2, 0.25) is 0 Å². The van der Waals surface area contributed by atoms with Crippen molar-refractivity contribution in [3.05, 3.63) is 29.3 Å². The fourth-order valence-corrected chi connectivity index (χ4v) is 1.97. The molecule has 0 fully saturated rings. The Morgan fingerprint density at radius 3 is 2.40 bits per heavy atom. The van der Waals surface area contributed by atoms with Gasteiger partial charge in [-0.3, -0.25) is 0 Å². The Morgan fingerprint density at radius 2 is 1.95 bits per heavy atom. The zero-order valence-electron chi connectivity index (χ0n) is 11.5. The summed E-state index contributed by atoms with van der Waals surface area (Å²) in [5, 5.41) is 8.97. The first-order chi connectivity index (χ1) is 9.31. The van der Waals surface area contributed by atoms with Gasteiger partial charge in [-0.15, -0.1) is 0 Å². The van der Waals surface area contributed by atoms with Gasteiger partial charge in [0.05, 0.1) is 11.1 Å². The maximum Gasteiger partial charge on any atom is 0.417 e. The van der Waals surface area contributed by atoms with Gasteiger partial charge in [0.2, 0.25) is 0 Å². The molecule has 0 aromatic heterocycles. The molecule has 0 aliphatic carbocycles. The van der Waals surface area contributed by atoms with E-state index in [-0.39, 0.29) is 0 Å². The largest absolute Gasteiger partial charge is 0.478 e. The summed E-state index contributed by atoms with van der Waals surface area (Å²) in [6.07, 6.45) is -2.80. The summed E-state index contributed by atoms with van der Waals surface area (Å²) in [6.45, 7) is 5.21. The van der Waals surface area contributed by atoms with Crippen LogP contribution >= 0.6 is 0 Å². The third-order valence-corrected chi connectivity index (χ3v) is 3.07. The summed E-state index contributed by atoms with van der Waals surface area (Å²) < 4.78 is 38.2. The molecular weight excluding hydrogens is 271 g/mol. The molecular formula is C14H18F3NO2. The lowest BCUT2D eigenvalue weighted by Gasteiger charge is -2.24. The number of carboxylic acid groups (broad SMARTS) is 1. The molecule has 0 saturated heterocycles. The van der Waals surface area contributed by atoms with E-state index in [2.05, 4.69) is 0 Å². The summed E-state index contributed by atoms with van der Waals surface area (Å²) in [6, 6.07) is 3.27. The highest BCUT2D eigenvalue weighted by Gasteiger charge is 2.35. The molecule has 0 bridgehead atoms. The van der Waals surface area contributed by atoms with Gasteiger partial charge < -0.3 is 10.0 Å². The SMILES string of the molecule is CCCCN(CC)c1ccc(C(F)(F)F)c(C(=O)O)c1. The fraction of sp³-hybridized carbons (Fsp3) is 0.500. The Labute approximate surface area is 116 Å². The van der Waals surface area contributed by atoms with Crippen LogP contribution in [-0.4, -0.2) is 24.2 Å². The van der Waals surface area contributed by atoms with Gasteiger partial charge in [0, 0.05) is 18.8 Å². The minimum absolute atomic E-state index is 0.506. The lowest BCUT2D eigenvalue weighted by Crippen LogP contribution is -2.24. The van der Waals surface area contributed by atoms with E-state index in [4.69, 9.17) is 5.11 Å². The van der Waals surface area contributed by atoms with Crippen LogP contribution in [0.15, 0.2) is 18.2 Å². The number of alkyl halides is 3. The van der Waals surface area contributed by atoms with Crippen molar-refractivity contribution in [3.63, 3.8) is 0 Å². The Morgan fingerprint density at radius 1 is 1.30 bits per heavy atom. The predicted octanol–water partition coefficient (Wildman–Crippen LogP) is 4.03. The van der Waals surface area contributed by atoms with E-state index in [9.17, 15) is 18.0 Å². The minimum atomic E-state index is -4.66. The van der Waals surface area contributed by atoms with Crippen LogP contribution in [-0.2, 0) is 6.18 Å². The Kier molecular flexibility index (Phi) is 5.42. The predicted molar refractivity (Wildman–Crippen MR) is 71.2 cm³/mol. The Bertz CT molecular complexity index is 472. The topological polar surface area (TPSA) is 40.5 Å². The first-order valence-electron chi connectivity index (χ1n) is 6.50. The second-order valence-electron chi connectivity index (χ2n) is 4.47. The Hall–Kier alpha value is -1.72. The molecule has 112 valence electrons. The number of hydrogen-bond acceptors (Lipinski definition) is 2. The molecule has 0 heterocycles. The van der Waals surface area contributed by atoms with Gasteiger partial charge in [-0.25, -0.2) is 4.79 Å². The number of halogens is 3. The molecule has 0 unspecified atom stereocenters. The van der Waals surface area contributed by atoms with Crippen LogP contribution < -0.4 is 4.90 Å². The normalized spacial score (nSPS) is 11.4. The summed E-state index contributed by atoms with van der Waals surface area (Å²) in [4.78, 5) is 12.9. The van der Waals surface area contributed by atoms with E-state index in [0.717, 1.165) is 25.0 Å². The average Bonchev–Trinajstić information content (AvgIpc) is 2.38. The van der Waals surface area contributed by atoms with E-state index in [1.54, 1.807) is 0 Å². The van der Waals surface area contributed by atoms with E-state index in [1.165, 1.54) is 6.07 Å².